The van der Waals surface area contributed by atoms with Crippen molar-refractivity contribution in [3.8, 4) is 0 Å². The first kappa shape index (κ1) is 24.9. The maximum Gasteiger partial charge on any atom is 0.415 e. The van der Waals surface area contributed by atoms with Gasteiger partial charge in [0.2, 0.25) is 0 Å². The van der Waals surface area contributed by atoms with Gasteiger partial charge in [0.25, 0.3) is 5.91 Å². The second-order valence-electron chi connectivity index (χ2n) is 9.97. The summed E-state index contributed by atoms with van der Waals surface area (Å²) in [5, 5.41) is 2.96. The summed E-state index contributed by atoms with van der Waals surface area (Å²) in [5.41, 5.74) is 1.50. The van der Waals surface area contributed by atoms with Crippen molar-refractivity contribution in [2.24, 2.45) is 5.92 Å². The van der Waals surface area contributed by atoms with Crippen LogP contribution < -0.4 is 10.2 Å². The van der Waals surface area contributed by atoms with E-state index in [4.69, 9.17) is 4.74 Å². The lowest BCUT2D eigenvalue weighted by Crippen LogP contribution is -2.66. The number of piperidine rings is 3. The summed E-state index contributed by atoms with van der Waals surface area (Å²) in [6.07, 6.45) is 0.685. The van der Waals surface area contributed by atoms with Gasteiger partial charge in [-0.25, -0.2) is 13.6 Å². The van der Waals surface area contributed by atoms with Gasteiger partial charge in [-0.3, -0.25) is 9.69 Å². The van der Waals surface area contributed by atoms with Crippen LogP contribution in [0.4, 0.5) is 25.0 Å². The standard InChI is InChI=1S/C29H29F2N3O3/c30-23-12-10-21(11-13-23)18-33(26-9-5-4-8-25(26)31)29(36)37-27-19-34(16-14-22(27)15-17-34)20-28(35)32-24-6-2-1-3-7-24/h1-13,22,27H,14-20H2/p+1. The molecule has 37 heavy (non-hydrogen) atoms. The van der Waals surface area contributed by atoms with Crippen LogP contribution in [0.15, 0.2) is 78.9 Å². The first-order valence-electron chi connectivity index (χ1n) is 12.6. The lowest BCUT2D eigenvalue weighted by atomic mass is 9.83. The molecular weight excluding hydrogens is 476 g/mol. The van der Waals surface area contributed by atoms with Gasteiger partial charge in [0.1, 0.15) is 18.2 Å². The number of nitrogens with zero attached hydrogens (tertiary/aromatic N) is 2. The van der Waals surface area contributed by atoms with Crippen LogP contribution in [0, 0.1) is 17.6 Å². The molecule has 1 unspecified atom stereocenters. The van der Waals surface area contributed by atoms with E-state index in [-0.39, 0.29) is 36.0 Å². The number of nitrogens with one attached hydrogen (secondary N) is 1. The molecule has 0 aliphatic carbocycles. The Labute approximate surface area is 215 Å². The normalized spacial score (nSPS) is 22.3. The van der Waals surface area contributed by atoms with Crippen molar-refractivity contribution in [3.63, 3.8) is 0 Å². The molecular formula is C29H30F2N3O3+. The largest absolute Gasteiger partial charge is 0.440 e. The molecule has 1 atom stereocenters. The summed E-state index contributed by atoms with van der Waals surface area (Å²) in [7, 11) is 0. The lowest BCUT2D eigenvalue weighted by Gasteiger charge is -2.51. The zero-order valence-electron chi connectivity index (χ0n) is 20.5. The Morgan fingerprint density at radius 1 is 0.919 bits per heavy atom. The van der Waals surface area contributed by atoms with E-state index in [1.807, 2.05) is 30.3 Å². The monoisotopic (exact) mass is 506 g/mol. The van der Waals surface area contributed by atoms with Crippen LogP contribution in [0.1, 0.15) is 18.4 Å². The van der Waals surface area contributed by atoms with Gasteiger partial charge in [0, 0.05) is 24.4 Å². The van der Waals surface area contributed by atoms with Gasteiger partial charge in [-0.2, -0.15) is 0 Å². The zero-order valence-corrected chi connectivity index (χ0v) is 20.5. The number of anilines is 2. The minimum absolute atomic E-state index is 0.0386. The molecule has 3 aliphatic heterocycles. The molecule has 3 fully saturated rings. The minimum Gasteiger partial charge on any atom is -0.440 e. The molecule has 0 saturated carbocycles. The van der Waals surface area contributed by atoms with E-state index in [0.29, 0.717) is 23.1 Å². The van der Waals surface area contributed by atoms with Gasteiger partial charge in [-0.1, -0.05) is 42.5 Å². The Morgan fingerprint density at radius 2 is 1.59 bits per heavy atom. The lowest BCUT2D eigenvalue weighted by molar-refractivity contribution is -0.938. The van der Waals surface area contributed by atoms with Gasteiger partial charge >= 0.3 is 6.09 Å². The van der Waals surface area contributed by atoms with Crippen LogP contribution in [0.25, 0.3) is 0 Å². The number of hydrogen-bond acceptors (Lipinski definition) is 3. The first-order valence-corrected chi connectivity index (χ1v) is 12.6. The first-order chi connectivity index (χ1) is 17.9. The zero-order chi connectivity index (χ0) is 25.8. The molecule has 0 aromatic heterocycles. The van der Waals surface area contributed by atoms with Crippen molar-refractivity contribution in [2.45, 2.75) is 25.5 Å². The summed E-state index contributed by atoms with van der Waals surface area (Å²) < 4.78 is 34.7. The Balaban J connectivity index is 1.30. The second kappa shape index (κ2) is 10.7. The molecule has 1 N–H and O–H groups in total. The fourth-order valence-electron chi connectivity index (χ4n) is 5.49. The second-order valence-corrected chi connectivity index (χ2v) is 9.97. The van der Waals surface area contributed by atoms with Gasteiger partial charge in [-0.05, 0) is 42.0 Å². The van der Waals surface area contributed by atoms with Crippen LogP contribution in [-0.2, 0) is 16.1 Å². The highest BCUT2D eigenvalue weighted by molar-refractivity contribution is 5.91. The number of amides is 2. The number of benzene rings is 3. The third kappa shape index (κ3) is 5.80. The van der Waals surface area contributed by atoms with E-state index in [9.17, 15) is 18.4 Å². The molecule has 0 spiro atoms. The van der Waals surface area contributed by atoms with E-state index in [1.54, 1.807) is 24.3 Å². The number of rotatable bonds is 7. The minimum atomic E-state index is -0.653. The maximum absolute atomic E-state index is 14.7. The fourth-order valence-corrected chi connectivity index (χ4v) is 5.49. The Kier molecular flexibility index (Phi) is 7.19. The number of halogens is 2. The number of carbonyl (C=O) groups is 2. The van der Waals surface area contributed by atoms with Crippen molar-refractivity contribution < 1.29 is 27.6 Å². The molecule has 8 heteroatoms. The highest BCUT2D eigenvalue weighted by atomic mass is 19.1. The number of quaternary nitrogens is 1. The molecule has 2 amide bonds. The molecule has 6 rings (SSSR count). The van der Waals surface area contributed by atoms with Crippen molar-refractivity contribution in [1.82, 2.24) is 0 Å². The fraction of sp³-hybridized carbons (Fsp3) is 0.310. The van der Waals surface area contributed by atoms with Crippen LogP contribution in [-0.4, -0.2) is 48.8 Å². The number of carbonyl (C=O) groups excluding carboxylic acids is 2. The average Bonchev–Trinajstić information content (AvgIpc) is 2.90. The molecule has 3 aromatic carbocycles. The quantitative estimate of drug-likeness (QED) is 0.439. The molecule has 2 bridgehead atoms. The van der Waals surface area contributed by atoms with Crippen molar-refractivity contribution in [3.05, 3.63) is 96.1 Å². The summed E-state index contributed by atoms with van der Waals surface area (Å²) >= 11 is 0. The number of hydrogen-bond donors (Lipinski definition) is 1. The van der Waals surface area contributed by atoms with Crippen LogP contribution in [0.2, 0.25) is 0 Å². The SMILES string of the molecule is O=C(C[N+]12CCC(CC1)C(OC(=O)N(Cc1ccc(F)cc1)c1ccccc1F)C2)Nc1ccccc1. The Morgan fingerprint density at radius 3 is 2.30 bits per heavy atom. The van der Waals surface area contributed by atoms with Gasteiger partial charge < -0.3 is 14.5 Å². The van der Waals surface area contributed by atoms with Crippen molar-refractivity contribution in [1.29, 1.82) is 0 Å². The summed E-state index contributed by atoms with van der Waals surface area (Å²) in [4.78, 5) is 27.6. The van der Waals surface area contributed by atoms with Crippen molar-refractivity contribution >= 4 is 23.4 Å². The molecule has 3 saturated heterocycles. The van der Waals surface area contributed by atoms with Gasteiger partial charge in [0.05, 0.1) is 25.3 Å². The maximum atomic E-state index is 14.7. The van der Waals surface area contributed by atoms with Crippen molar-refractivity contribution in [2.75, 3.05) is 36.4 Å². The molecule has 3 aromatic rings. The van der Waals surface area contributed by atoms with E-state index < -0.39 is 11.9 Å². The predicted octanol–water partition coefficient (Wildman–Crippen LogP) is 5.36. The Hall–Kier alpha value is -3.78. The summed E-state index contributed by atoms with van der Waals surface area (Å²) in [5.74, 6) is -0.798. The summed E-state index contributed by atoms with van der Waals surface area (Å²) in [6, 6.07) is 21.1. The highest BCUT2D eigenvalue weighted by Gasteiger charge is 2.49. The summed E-state index contributed by atoms with van der Waals surface area (Å²) in [6.45, 7) is 2.60. The highest BCUT2D eigenvalue weighted by Crippen LogP contribution is 2.36. The van der Waals surface area contributed by atoms with E-state index in [1.165, 1.54) is 29.2 Å². The van der Waals surface area contributed by atoms with Crippen LogP contribution >= 0.6 is 0 Å². The Bertz CT molecular complexity index is 1240. The topological polar surface area (TPSA) is 58.6 Å². The molecule has 6 nitrogen and oxygen atoms in total. The van der Waals surface area contributed by atoms with E-state index in [0.717, 1.165) is 31.6 Å². The molecule has 192 valence electrons. The average molecular weight is 507 g/mol. The van der Waals surface area contributed by atoms with E-state index >= 15 is 0 Å². The molecule has 3 aliphatic rings. The van der Waals surface area contributed by atoms with E-state index in [2.05, 4.69) is 5.32 Å². The molecule has 0 radical (unpaired) electrons. The third-order valence-corrected chi connectivity index (χ3v) is 7.45. The number of ether oxygens (including phenoxy) is 1. The van der Waals surface area contributed by atoms with Crippen LogP contribution in [0.3, 0.4) is 0 Å². The smallest absolute Gasteiger partial charge is 0.415 e. The third-order valence-electron chi connectivity index (χ3n) is 7.45. The number of fused-ring (bicyclic) bond motifs is 3. The predicted molar refractivity (Wildman–Crippen MR) is 137 cm³/mol. The van der Waals surface area contributed by atoms with Gasteiger partial charge in [0.15, 0.2) is 12.6 Å². The van der Waals surface area contributed by atoms with Crippen LogP contribution in [0.5, 0.6) is 0 Å². The van der Waals surface area contributed by atoms with Gasteiger partial charge in [-0.15, -0.1) is 0 Å². The number of para-hydroxylation sites is 2. The molecule has 3 heterocycles.